The first-order valence-corrected chi connectivity index (χ1v) is 12.1. The van der Waals surface area contributed by atoms with Crippen molar-refractivity contribution < 1.29 is 23.8 Å². The maximum atomic E-state index is 13.0. The molecule has 7 heteroatoms. The third-order valence-electron chi connectivity index (χ3n) is 5.37. The van der Waals surface area contributed by atoms with E-state index in [0.717, 1.165) is 32.5 Å². The van der Waals surface area contributed by atoms with Crippen LogP contribution in [0.25, 0.3) is 10.1 Å². The number of thiophene rings is 1. The normalized spacial score (nSPS) is 10.7. The SMILES string of the molecule is CCOc1ccc(C(=O)Nc2ccc3sc(C(=O)OC)cc3c2)cc1COc1cc(C)cc(C)c1. The van der Waals surface area contributed by atoms with Crippen LogP contribution in [0.15, 0.2) is 60.7 Å². The Balaban J connectivity index is 1.53. The summed E-state index contributed by atoms with van der Waals surface area (Å²) in [5.74, 6) is 0.837. The van der Waals surface area contributed by atoms with E-state index in [-0.39, 0.29) is 18.5 Å². The number of rotatable bonds is 8. The smallest absolute Gasteiger partial charge is 0.348 e. The summed E-state index contributed by atoms with van der Waals surface area (Å²) in [6.45, 7) is 6.76. The average Bonchev–Trinajstić information content (AvgIpc) is 3.26. The van der Waals surface area contributed by atoms with Crippen molar-refractivity contribution in [3.05, 3.63) is 87.8 Å². The number of aryl methyl sites for hydroxylation is 2. The summed E-state index contributed by atoms with van der Waals surface area (Å²) in [5.41, 5.74) is 4.17. The molecule has 0 aliphatic rings. The Kier molecular flexibility index (Phi) is 7.36. The largest absolute Gasteiger partial charge is 0.493 e. The van der Waals surface area contributed by atoms with Gasteiger partial charge in [0.15, 0.2) is 0 Å². The van der Waals surface area contributed by atoms with Crippen LogP contribution >= 0.6 is 11.3 Å². The number of amides is 1. The molecule has 1 N–H and O–H groups in total. The quantitative estimate of drug-likeness (QED) is 0.285. The Bertz CT molecular complexity index is 1370. The highest BCUT2D eigenvalue weighted by atomic mass is 32.1. The number of ether oxygens (including phenoxy) is 3. The van der Waals surface area contributed by atoms with Crippen molar-refractivity contribution in [2.24, 2.45) is 0 Å². The Morgan fingerprint density at radius 2 is 1.69 bits per heavy atom. The third kappa shape index (κ3) is 5.81. The van der Waals surface area contributed by atoms with Crippen LogP contribution in [0.3, 0.4) is 0 Å². The monoisotopic (exact) mass is 489 g/mol. The van der Waals surface area contributed by atoms with Crippen LogP contribution in [0.5, 0.6) is 11.5 Å². The molecule has 0 unspecified atom stereocenters. The van der Waals surface area contributed by atoms with E-state index in [2.05, 4.69) is 11.4 Å². The van der Waals surface area contributed by atoms with Gasteiger partial charge in [0.2, 0.25) is 0 Å². The second-order valence-electron chi connectivity index (χ2n) is 8.18. The molecular weight excluding hydrogens is 462 g/mol. The number of nitrogens with one attached hydrogen (secondary N) is 1. The molecule has 0 fully saturated rings. The lowest BCUT2D eigenvalue weighted by atomic mass is 10.1. The lowest BCUT2D eigenvalue weighted by Gasteiger charge is -2.14. The molecule has 6 nitrogen and oxygen atoms in total. The molecule has 4 aromatic rings. The molecule has 35 heavy (non-hydrogen) atoms. The highest BCUT2D eigenvalue weighted by Crippen LogP contribution is 2.29. The molecule has 4 rings (SSSR count). The second kappa shape index (κ2) is 10.6. The Morgan fingerprint density at radius 1 is 0.914 bits per heavy atom. The van der Waals surface area contributed by atoms with Crippen LogP contribution in [-0.2, 0) is 11.3 Å². The molecule has 0 radical (unpaired) electrons. The molecule has 1 aromatic heterocycles. The molecule has 3 aromatic carbocycles. The Morgan fingerprint density at radius 3 is 2.40 bits per heavy atom. The minimum absolute atomic E-state index is 0.247. The van der Waals surface area contributed by atoms with Gasteiger partial charge in [0.05, 0.1) is 13.7 Å². The van der Waals surface area contributed by atoms with Crippen molar-refractivity contribution in [2.75, 3.05) is 19.0 Å². The van der Waals surface area contributed by atoms with Crippen LogP contribution in [0, 0.1) is 13.8 Å². The minimum Gasteiger partial charge on any atom is -0.493 e. The van der Waals surface area contributed by atoms with Crippen molar-refractivity contribution >= 4 is 39.0 Å². The van der Waals surface area contributed by atoms with Crippen molar-refractivity contribution in [1.82, 2.24) is 0 Å². The third-order valence-corrected chi connectivity index (χ3v) is 6.47. The predicted molar refractivity (Wildman–Crippen MR) is 139 cm³/mol. The first-order chi connectivity index (χ1) is 16.9. The summed E-state index contributed by atoms with van der Waals surface area (Å²) in [6, 6.07) is 18.7. The van der Waals surface area contributed by atoms with Gasteiger partial charge in [0.1, 0.15) is 23.0 Å². The fourth-order valence-corrected chi connectivity index (χ4v) is 4.79. The van der Waals surface area contributed by atoms with E-state index in [1.807, 2.05) is 51.1 Å². The van der Waals surface area contributed by atoms with Crippen LogP contribution in [0.1, 0.15) is 43.6 Å². The van der Waals surface area contributed by atoms with Crippen molar-refractivity contribution in [3.8, 4) is 11.5 Å². The maximum Gasteiger partial charge on any atom is 0.348 e. The molecular formula is C28H27NO5S. The number of hydrogen-bond donors (Lipinski definition) is 1. The fraction of sp³-hybridized carbons (Fsp3) is 0.214. The van der Waals surface area contributed by atoms with Gasteiger partial charge in [-0.05, 0) is 91.9 Å². The topological polar surface area (TPSA) is 73.9 Å². The fourth-order valence-electron chi connectivity index (χ4n) is 3.83. The highest BCUT2D eigenvalue weighted by molar-refractivity contribution is 7.20. The molecule has 0 aliphatic heterocycles. The molecule has 1 amide bonds. The molecule has 0 bridgehead atoms. The second-order valence-corrected chi connectivity index (χ2v) is 9.26. The standard InChI is InChI=1S/C28H27NO5S/c1-5-33-24-8-6-19(13-21(24)16-34-23-11-17(2)10-18(3)12-23)27(30)29-22-7-9-25-20(14-22)15-26(35-25)28(31)32-4/h6-15H,5,16H2,1-4H3,(H,29,30). The summed E-state index contributed by atoms with van der Waals surface area (Å²) in [7, 11) is 1.36. The van der Waals surface area contributed by atoms with Crippen molar-refractivity contribution in [1.29, 1.82) is 0 Å². The molecule has 1 heterocycles. The zero-order valence-electron chi connectivity index (χ0n) is 20.1. The number of carbonyl (C=O) groups excluding carboxylic acids is 2. The first kappa shape index (κ1) is 24.3. The lowest BCUT2D eigenvalue weighted by Crippen LogP contribution is -2.13. The van der Waals surface area contributed by atoms with Gasteiger partial charge in [-0.3, -0.25) is 4.79 Å². The summed E-state index contributed by atoms with van der Waals surface area (Å²) in [4.78, 5) is 25.4. The van der Waals surface area contributed by atoms with Gasteiger partial charge in [-0.2, -0.15) is 0 Å². The highest BCUT2D eigenvalue weighted by Gasteiger charge is 2.14. The van der Waals surface area contributed by atoms with Crippen molar-refractivity contribution in [2.45, 2.75) is 27.4 Å². The number of benzene rings is 3. The first-order valence-electron chi connectivity index (χ1n) is 11.3. The van der Waals surface area contributed by atoms with Gasteiger partial charge in [0.25, 0.3) is 5.91 Å². The maximum absolute atomic E-state index is 13.0. The van der Waals surface area contributed by atoms with E-state index in [1.165, 1.54) is 18.4 Å². The summed E-state index contributed by atoms with van der Waals surface area (Å²) >= 11 is 1.35. The molecule has 180 valence electrons. The van der Waals surface area contributed by atoms with E-state index in [9.17, 15) is 9.59 Å². The van der Waals surface area contributed by atoms with E-state index in [4.69, 9.17) is 14.2 Å². The lowest BCUT2D eigenvalue weighted by molar-refractivity contribution is 0.0606. The molecule has 0 spiro atoms. The van der Waals surface area contributed by atoms with Crippen LogP contribution < -0.4 is 14.8 Å². The van der Waals surface area contributed by atoms with Gasteiger partial charge >= 0.3 is 5.97 Å². The van der Waals surface area contributed by atoms with E-state index in [0.29, 0.717) is 28.5 Å². The van der Waals surface area contributed by atoms with Gasteiger partial charge in [-0.25, -0.2) is 4.79 Å². The van der Waals surface area contributed by atoms with Crippen molar-refractivity contribution in [3.63, 3.8) is 0 Å². The predicted octanol–water partition coefficient (Wildman–Crippen LogP) is 6.53. The number of carbonyl (C=O) groups is 2. The van der Waals surface area contributed by atoms with E-state index in [1.54, 1.807) is 24.3 Å². The number of fused-ring (bicyclic) bond motifs is 1. The number of hydrogen-bond acceptors (Lipinski definition) is 6. The molecule has 0 aliphatic carbocycles. The molecule has 0 saturated heterocycles. The summed E-state index contributed by atoms with van der Waals surface area (Å²) < 4.78 is 17.5. The minimum atomic E-state index is -0.373. The summed E-state index contributed by atoms with van der Waals surface area (Å²) in [5, 5.41) is 3.80. The zero-order valence-corrected chi connectivity index (χ0v) is 21.0. The average molecular weight is 490 g/mol. The van der Waals surface area contributed by atoms with Gasteiger partial charge < -0.3 is 19.5 Å². The molecule has 0 atom stereocenters. The van der Waals surface area contributed by atoms with Gasteiger partial charge in [-0.15, -0.1) is 11.3 Å². The van der Waals surface area contributed by atoms with E-state index < -0.39 is 0 Å². The van der Waals surface area contributed by atoms with Crippen LogP contribution in [0.4, 0.5) is 5.69 Å². The number of anilines is 1. The Labute approximate surface area is 208 Å². The zero-order chi connectivity index (χ0) is 24.9. The van der Waals surface area contributed by atoms with Gasteiger partial charge in [0, 0.05) is 21.5 Å². The van der Waals surface area contributed by atoms with Crippen LogP contribution in [0.2, 0.25) is 0 Å². The number of esters is 1. The van der Waals surface area contributed by atoms with Crippen LogP contribution in [-0.4, -0.2) is 25.6 Å². The van der Waals surface area contributed by atoms with E-state index >= 15 is 0 Å². The molecule has 0 saturated carbocycles. The van der Waals surface area contributed by atoms with Gasteiger partial charge in [-0.1, -0.05) is 6.07 Å². The Hall–Kier alpha value is -3.84. The number of methoxy groups -OCH3 is 1. The summed E-state index contributed by atoms with van der Waals surface area (Å²) in [6.07, 6.45) is 0.